The van der Waals surface area contributed by atoms with Crippen LogP contribution in [-0.4, -0.2) is 196 Å². The van der Waals surface area contributed by atoms with Gasteiger partial charge in [0.25, 0.3) is 0 Å². The minimum absolute atomic E-state index is 0.380. The summed E-state index contributed by atoms with van der Waals surface area (Å²) in [6.45, 7) is 3.83. The van der Waals surface area contributed by atoms with Crippen molar-refractivity contribution in [2.24, 2.45) is 17.8 Å². The zero-order chi connectivity index (χ0) is 38.6. The highest BCUT2D eigenvalue weighted by atomic mass is 16.6. The first-order valence-electron chi connectivity index (χ1n) is 16.2. The normalized spacial score (nSPS) is 41.1. The standard InChI is InChI=1S/C30H49NO20/c1-8(32)15(34)11(6-14-19(38)20(39)21(40)26(50-14)29(45)46)25(28(43)44)48-5-4-10-16(35)18(37)13(49-24(10)27(42)31-3)7-12-17(36)22(41)30(47)51-23(12)9(2)33/h8,10-26,30,32-41,47H,2,4-7H2,1,3H3,(H,31,42)(H,43,44)(H,45,46). The van der Waals surface area contributed by atoms with Crippen LogP contribution in [0.5, 0.6) is 0 Å². The highest BCUT2D eigenvalue weighted by Gasteiger charge is 2.53. The molecule has 0 aromatic carbocycles. The summed E-state index contributed by atoms with van der Waals surface area (Å²) < 4.78 is 21.7. The number of hydrogen-bond donors (Lipinski definition) is 14. The Morgan fingerprint density at radius 3 is 1.84 bits per heavy atom. The van der Waals surface area contributed by atoms with Gasteiger partial charge in [-0.05, 0) is 26.2 Å². The van der Waals surface area contributed by atoms with Crippen LogP contribution in [0.25, 0.3) is 0 Å². The zero-order valence-electron chi connectivity index (χ0n) is 27.7. The molecule has 3 heterocycles. The Kier molecular flexibility index (Phi) is 15.1. The summed E-state index contributed by atoms with van der Waals surface area (Å²) in [5.74, 6) is -9.05. The maximum atomic E-state index is 12.9. The summed E-state index contributed by atoms with van der Waals surface area (Å²) in [7, 11) is 1.24. The van der Waals surface area contributed by atoms with Crippen LogP contribution in [0, 0.1) is 17.8 Å². The third-order valence-electron chi connectivity index (χ3n) is 9.75. The molecule has 51 heavy (non-hydrogen) atoms. The number of ether oxygens (including phenoxy) is 4. The molecule has 294 valence electrons. The first-order valence-corrected chi connectivity index (χ1v) is 16.2. The first-order chi connectivity index (χ1) is 23.7. The van der Waals surface area contributed by atoms with E-state index in [4.69, 9.17) is 18.9 Å². The van der Waals surface area contributed by atoms with E-state index in [-0.39, 0.29) is 6.42 Å². The van der Waals surface area contributed by atoms with Gasteiger partial charge >= 0.3 is 11.9 Å². The van der Waals surface area contributed by atoms with Crippen LogP contribution >= 0.6 is 0 Å². The number of carboxylic acid groups (broad SMARTS) is 2. The van der Waals surface area contributed by atoms with Crippen molar-refractivity contribution in [3.05, 3.63) is 12.3 Å². The molecule has 1 amide bonds. The number of hydrogen-bond acceptors (Lipinski definition) is 18. The summed E-state index contributed by atoms with van der Waals surface area (Å²) in [5.41, 5.74) is 0. The van der Waals surface area contributed by atoms with Gasteiger partial charge in [-0.2, -0.15) is 0 Å². The predicted octanol–water partition coefficient (Wildman–Crippen LogP) is -6.10. The van der Waals surface area contributed by atoms with Crippen LogP contribution in [0.1, 0.15) is 26.2 Å². The monoisotopic (exact) mass is 743 g/mol. The molecule has 19 atom stereocenters. The fraction of sp³-hybridized carbons (Fsp3) is 0.833. The second-order valence-electron chi connectivity index (χ2n) is 13.1. The van der Waals surface area contributed by atoms with Crippen LogP contribution in [0.4, 0.5) is 0 Å². The number of carboxylic acids is 2. The Balaban J connectivity index is 1.80. The number of aliphatic hydroxyl groups is 11. The van der Waals surface area contributed by atoms with Gasteiger partial charge in [0.1, 0.15) is 48.5 Å². The molecule has 0 radical (unpaired) electrons. The van der Waals surface area contributed by atoms with E-state index < -0.39 is 159 Å². The second kappa shape index (κ2) is 17.9. The molecule has 3 saturated heterocycles. The van der Waals surface area contributed by atoms with Crippen molar-refractivity contribution in [1.29, 1.82) is 0 Å². The second-order valence-corrected chi connectivity index (χ2v) is 13.1. The smallest absolute Gasteiger partial charge is 0.335 e. The quantitative estimate of drug-likeness (QED) is 0.0694. The number of aliphatic hydroxyl groups excluding tert-OH is 11. The van der Waals surface area contributed by atoms with Crippen molar-refractivity contribution in [3.8, 4) is 0 Å². The number of nitrogens with one attached hydrogen (secondary N) is 1. The molecule has 21 nitrogen and oxygen atoms in total. The lowest BCUT2D eigenvalue weighted by Crippen LogP contribution is -2.61. The molecule has 3 aliphatic heterocycles. The summed E-state index contributed by atoms with van der Waals surface area (Å²) in [5, 5.41) is 136. The number of carbonyl (C=O) groups excluding carboxylic acids is 1. The van der Waals surface area contributed by atoms with E-state index >= 15 is 0 Å². The lowest BCUT2D eigenvalue weighted by Gasteiger charge is -2.46. The van der Waals surface area contributed by atoms with E-state index in [1.807, 2.05) is 0 Å². The largest absolute Gasteiger partial charge is 0.510 e. The van der Waals surface area contributed by atoms with Crippen molar-refractivity contribution >= 4 is 17.8 Å². The predicted molar refractivity (Wildman–Crippen MR) is 163 cm³/mol. The van der Waals surface area contributed by atoms with Crippen LogP contribution < -0.4 is 5.32 Å². The van der Waals surface area contributed by atoms with Crippen LogP contribution in [0.15, 0.2) is 12.3 Å². The number of aliphatic carboxylic acids is 2. The Morgan fingerprint density at radius 1 is 0.745 bits per heavy atom. The maximum Gasteiger partial charge on any atom is 0.335 e. The van der Waals surface area contributed by atoms with Gasteiger partial charge in [-0.25, -0.2) is 9.59 Å². The van der Waals surface area contributed by atoms with Gasteiger partial charge in [0.05, 0.1) is 36.6 Å². The molecular weight excluding hydrogens is 694 g/mol. The Bertz CT molecular complexity index is 1210. The van der Waals surface area contributed by atoms with Crippen LogP contribution in [0.3, 0.4) is 0 Å². The molecule has 19 unspecified atom stereocenters. The van der Waals surface area contributed by atoms with E-state index in [0.29, 0.717) is 0 Å². The lowest BCUT2D eigenvalue weighted by atomic mass is 9.78. The van der Waals surface area contributed by atoms with Gasteiger partial charge in [0, 0.05) is 31.4 Å². The highest BCUT2D eigenvalue weighted by molar-refractivity contribution is 5.81. The molecular formula is C30H49NO20. The zero-order valence-corrected chi connectivity index (χ0v) is 27.7. The van der Waals surface area contributed by atoms with Crippen molar-refractivity contribution in [3.63, 3.8) is 0 Å². The molecule has 3 aliphatic rings. The van der Waals surface area contributed by atoms with E-state index in [0.717, 1.165) is 6.92 Å². The first kappa shape index (κ1) is 42.8. The number of rotatable bonds is 15. The molecule has 0 aromatic heterocycles. The van der Waals surface area contributed by atoms with Crippen molar-refractivity contribution in [1.82, 2.24) is 5.32 Å². The minimum atomic E-state index is -2.05. The Morgan fingerprint density at radius 2 is 1.31 bits per heavy atom. The fourth-order valence-corrected chi connectivity index (χ4v) is 6.85. The molecule has 0 bridgehead atoms. The maximum absolute atomic E-state index is 12.9. The third kappa shape index (κ3) is 9.50. The SMILES string of the molecule is C=C(O)C1OC(O)C(O)C(O)C1CC1OC(C(=O)NC)C(CCOC(C(=O)O)C(CC2OC(C(=O)O)C(O)C(O)C2O)C(O)C(C)O)C(O)C1O. The van der Waals surface area contributed by atoms with E-state index in [9.17, 15) is 80.8 Å². The number of carbonyl (C=O) groups is 3. The molecule has 0 saturated carbocycles. The van der Waals surface area contributed by atoms with E-state index in [2.05, 4.69) is 11.9 Å². The van der Waals surface area contributed by atoms with Crippen LogP contribution in [-0.2, 0) is 33.3 Å². The third-order valence-corrected chi connectivity index (χ3v) is 9.75. The Hall–Kier alpha value is -2.61. The molecule has 3 rings (SSSR count). The molecule has 3 fully saturated rings. The lowest BCUT2D eigenvalue weighted by molar-refractivity contribution is -0.275. The number of likely N-dealkylation sites (N-methyl/N-ethyl adjacent to an activating group) is 1. The van der Waals surface area contributed by atoms with Crippen molar-refractivity contribution in [2.75, 3.05) is 13.7 Å². The average Bonchev–Trinajstić information content (AvgIpc) is 3.07. The highest BCUT2D eigenvalue weighted by Crippen LogP contribution is 2.38. The van der Waals surface area contributed by atoms with E-state index in [1.54, 1.807) is 0 Å². The summed E-state index contributed by atoms with van der Waals surface area (Å²) in [6.07, 6.45) is -30.2. The van der Waals surface area contributed by atoms with Gasteiger partial charge in [0.15, 0.2) is 18.5 Å². The van der Waals surface area contributed by atoms with Gasteiger partial charge < -0.3 is 90.6 Å². The molecule has 0 spiro atoms. The van der Waals surface area contributed by atoms with E-state index in [1.165, 1.54) is 7.05 Å². The van der Waals surface area contributed by atoms with Gasteiger partial charge in [-0.1, -0.05) is 6.58 Å². The average molecular weight is 744 g/mol. The topological polar surface area (TPSA) is 363 Å². The fourth-order valence-electron chi connectivity index (χ4n) is 6.85. The van der Waals surface area contributed by atoms with Crippen molar-refractivity contribution < 1.29 is 99.7 Å². The summed E-state index contributed by atoms with van der Waals surface area (Å²) in [4.78, 5) is 36.9. The number of amides is 1. The van der Waals surface area contributed by atoms with Crippen molar-refractivity contribution in [2.45, 2.75) is 124 Å². The minimum Gasteiger partial charge on any atom is -0.510 e. The molecule has 21 heteroatoms. The molecule has 14 N–H and O–H groups in total. The summed E-state index contributed by atoms with van der Waals surface area (Å²) >= 11 is 0. The van der Waals surface area contributed by atoms with Gasteiger partial charge in [-0.15, -0.1) is 0 Å². The van der Waals surface area contributed by atoms with Crippen LogP contribution in [0.2, 0.25) is 0 Å². The molecule has 0 aliphatic carbocycles. The van der Waals surface area contributed by atoms with Gasteiger partial charge in [0.2, 0.25) is 5.91 Å². The molecule has 0 aromatic rings. The summed E-state index contributed by atoms with van der Waals surface area (Å²) in [6, 6.07) is 0. The Labute approximate surface area is 290 Å². The van der Waals surface area contributed by atoms with Gasteiger partial charge in [-0.3, -0.25) is 4.79 Å².